The second-order valence-electron chi connectivity index (χ2n) is 7.42. The number of fused-ring (bicyclic) bond motifs is 1. The number of rotatable bonds is 4. The van der Waals surface area contributed by atoms with Gasteiger partial charge in [-0.15, -0.1) is 0 Å². The molecule has 0 aromatic carbocycles. The van der Waals surface area contributed by atoms with Crippen molar-refractivity contribution in [3.8, 4) is 11.6 Å². The molecule has 1 unspecified atom stereocenters. The summed E-state index contributed by atoms with van der Waals surface area (Å²) in [5, 5.41) is 8.72. The summed E-state index contributed by atoms with van der Waals surface area (Å²) in [6, 6.07) is 2.95. The maximum atomic E-state index is 13.0. The van der Waals surface area contributed by atoms with E-state index in [0.717, 1.165) is 12.2 Å². The van der Waals surface area contributed by atoms with E-state index in [1.54, 1.807) is 19.4 Å². The van der Waals surface area contributed by atoms with E-state index in [9.17, 15) is 9.59 Å². The van der Waals surface area contributed by atoms with Gasteiger partial charge >= 0.3 is 0 Å². The molecule has 8 heteroatoms. The average Bonchev–Trinajstić information content (AvgIpc) is 3.25. The summed E-state index contributed by atoms with van der Waals surface area (Å²) in [5.74, 6) is 0.650. The highest BCUT2D eigenvalue weighted by Crippen LogP contribution is 2.26. The van der Waals surface area contributed by atoms with Gasteiger partial charge < -0.3 is 24.9 Å². The second-order valence-corrected chi connectivity index (χ2v) is 7.42. The van der Waals surface area contributed by atoms with E-state index in [1.165, 1.54) is 0 Å². The molecule has 3 N–H and O–H groups in total. The molecule has 0 radical (unpaired) electrons. The summed E-state index contributed by atoms with van der Waals surface area (Å²) in [6.45, 7) is 7.75. The number of hydrogen-bond acceptors (Lipinski definition) is 5. The highest BCUT2D eigenvalue weighted by atomic mass is 16.3. The van der Waals surface area contributed by atoms with Crippen molar-refractivity contribution in [1.82, 2.24) is 25.5 Å². The third-order valence-electron chi connectivity index (χ3n) is 4.48. The van der Waals surface area contributed by atoms with Gasteiger partial charge in [0.25, 0.3) is 5.91 Å². The lowest BCUT2D eigenvalue weighted by Crippen LogP contribution is -2.53. The number of imidazole rings is 1. The molecule has 8 nitrogen and oxygen atoms in total. The number of likely N-dealkylation sites (N-methyl/N-ethyl adjacent to an activating group) is 1. The summed E-state index contributed by atoms with van der Waals surface area (Å²) in [6.07, 6.45) is 1.58. The first-order valence-electron chi connectivity index (χ1n) is 8.69. The van der Waals surface area contributed by atoms with Crippen LogP contribution in [0.25, 0.3) is 11.6 Å². The molecule has 2 aromatic heterocycles. The van der Waals surface area contributed by atoms with E-state index in [2.05, 4.69) is 20.9 Å². The van der Waals surface area contributed by atoms with Crippen LogP contribution in [-0.4, -0.2) is 41.0 Å². The topological polar surface area (TPSA) is 101 Å². The van der Waals surface area contributed by atoms with Gasteiger partial charge in [0, 0.05) is 26.7 Å². The van der Waals surface area contributed by atoms with Crippen LogP contribution < -0.4 is 16.0 Å². The van der Waals surface area contributed by atoms with Crippen molar-refractivity contribution in [2.45, 2.75) is 39.9 Å². The lowest BCUT2D eigenvalue weighted by molar-refractivity contribution is -0.124. The molecule has 0 aliphatic carbocycles. The molecule has 2 amide bonds. The number of hydrogen-bond donors (Lipinski definition) is 3. The summed E-state index contributed by atoms with van der Waals surface area (Å²) in [4.78, 5) is 29.7. The molecule has 0 fully saturated rings. The molecule has 1 aliphatic heterocycles. The normalized spacial score (nSPS) is 15.2. The Bertz CT molecular complexity index is 802. The van der Waals surface area contributed by atoms with Crippen LogP contribution in [0.5, 0.6) is 0 Å². The average molecular weight is 359 g/mol. The lowest BCUT2D eigenvalue weighted by atomic mass is 9.86. The zero-order chi connectivity index (χ0) is 18.9. The quantitative estimate of drug-likeness (QED) is 0.760. The summed E-state index contributed by atoms with van der Waals surface area (Å²) >= 11 is 0. The Hall–Kier alpha value is -2.61. The van der Waals surface area contributed by atoms with Gasteiger partial charge in [0.05, 0.1) is 12.0 Å². The highest BCUT2D eigenvalue weighted by Gasteiger charge is 2.34. The van der Waals surface area contributed by atoms with E-state index < -0.39 is 11.5 Å². The molecule has 1 aliphatic rings. The SMILES string of the molecule is CNC(=O)C(NC(=O)c1nc(-c2ccco2)n2c1CNCC2)C(C)(C)C. The molecule has 0 saturated carbocycles. The number of carbonyl (C=O) groups is 2. The molecule has 3 rings (SSSR count). The van der Waals surface area contributed by atoms with Crippen LogP contribution in [0.2, 0.25) is 0 Å². The summed E-state index contributed by atoms with van der Waals surface area (Å²) in [5.41, 5.74) is 0.684. The van der Waals surface area contributed by atoms with Crippen molar-refractivity contribution < 1.29 is 14.0 Å². The molecular weight excluding hydrogens is 334 g/mol. The molecule has 1 atom stereocenters. The number of furan rings is 1. The fraction of sp³-hybridized carbons (Fsp3) is 0.500. The molecule has 3 heterocycles. The van der Waals surface area contributed by atoms with Gasteiger partial charge in [-0.3, -0.25) is 9.59 Å². The Morgan fingerprint density at radius 3 is 2.77 bits per heavy atom. The first-order valence-corrected chi connectivity index (χ1v) is 8.69. The number of aromatic nitrogens is 2. The van der Waals surface area contributed by atoms with Crippen LogP contribution in [-0.2, 0) is 17.9 Å². The predicted molar refractivity (Wildman–Crippen MR) is 96.4 cm³/mol. The number of nitrogens with one attached hydrogen (secondary N) is 3. The Labute approximate surface area is 152 Å². The monoisotopic (exact) mass is 359 g/mol. The van der Waals surface area contributed by atoms with E-state index in [1.807, 2.05) is 31.4 Å². The first-order chi connectivity index (χ1) is 12.3. The minimum absolute atomic E-state index is 0.233. The minimum atomic E-state index is -0.666. The van der Waals surface area contributed by atoms with Crippen LogP contribution >= 0.6 is 0 Å². The Morgan fingerprint density at radius 1 is 1.38 bits per heavy atom. The van der Waals surface area contributed by atoms with Gasteiger partial charge in [-0.05, 0) is 17.5 Å². The van der Waals surface area contributed by atoms with E-state index >= 15 is 0 Å². The summed E-state index contributed by atoms with van der Waals surface area (Å²) in [7, 11) is 1.56. The fourth-order valence-corrected chi connectivity index (χ4v) is 3.10. The van der Waals surface area contributed by atoms with E-state index in [0.29, 0.717) is 30.4 Å². The van der Waals surface area contributed by atoms with Gasteiger partial charge in [-0.2, -0.15) is 0 Å². The van der Waals surface area contributed by atoms with Crippen molar-refractivity contribution in [3.05, 3.63) is 29.8 Å². The van der Waals surface area contributed by atoms with Gasteiger partial charge in [-0.25, -0.2) is 4.98 Å². The molecule has 2 aromatic rings. The third kappa shape index (κ3) is 3.37. The van der Waals surface area contributed by atoms with Crippen LogP contribution in [0.15, 0.2) is 22.8 Å². The van der Waals surface area contributed by atoms with Gasteiger partial charge in [0.2, 0.25) is 5.91 Å². The van der Waals surface area contributed by atoms with E-state index in [4.69, 9.17) is 4.42 Å². The predicted octanol–water partition coefficient (Wildman–Crippen LogP) is 1.14. The van der Waals surface area contributed by atoms with Gasteiger partial charge in [-0.1, -0.05) is 20.8 Å². The number of amides is 2. The van der Waals surface area contributed by atoms with Crippen LogP contribution in [0, 0.1) is 5.41 Å². The van der Waals surface area contributed by atoms with E-state index in [-0.39, 0.29) is 11.8 Å². The molecule has 26 heavy (non-hydrogen) atoms. The minimum Gasteiger partial charge on any atom is -0.461 e. The summed E-state index contributed by atoms with van der Waals surface area (Å²) < 4.78 is 7.47. The zero-order valence-electron chi connectivity index (χ0n) is 15.5. The van der Waals surface area contributed by atoms with Crippen LogP contribution in [0.1, 0.15) is 37.0 Å². The Morgan fingerprint density at radius 2 is 2.15 bits per heavy atom. The zero-order valence-corrected chi connectivity index (χ0v) is 15.5. The maximum absolute atomic E-state index is 13.0. The fourth-order valence-electron chi connectivity index (χ4n) is 3.10. The van der Waals surface area contributed by atoms with Crippen molar-refractivity contribution in [2.24, 2.45) is 5.41 Å². The molecule has 0 bridgehead atoms. The lowest BCUT2D eigenvalue weighted by Gasteiger charge is -2.29. The van der Waals surface area contributed by atoms with Crippen LogP contribution in [0.4, 0.5) is 0 Å². The standard InChI is InChI=1S/C18H25N5O3/c1-18(2,3)14(17(25)19-4)22-16(24)13-11-10-20-7-8-23(11)15(21-13)12-6-5-9-26-12/h5-6,9,14,20H,7-8,10H2,1-4H3,(H,19,25)(H,22,24). The van der Waals surface area contributed by atoms with Gasteiger partial charge in [0.1, 0.15) is 6.04 Å². The van der Waals surface area contributed by atoms with Crippen molar-refractivity contribution in [1.29, 1.82) is 0 Å². The van der Waals surface area contributed by atoms with Gasteiger partial charge in [0.15, 0.2) is 17.3 Å². The molecule has 0 spiro atoms. The van der Waals surface area contributed by atoms with Crippen molar-refractivity contribution in [3.63, 3.8) is 0 Å². The number of carbonyl (C=O) groups excluding carboxylic acids is 2. The first kappa shape index (κ1) is 18.2. The molecule has 0 saturated heterocycles. The smallest absolute Gasteiger partial charge is 0.272 e. The Kier molecular flexibility index (Phi) is 4.86. The largest absolute Gasteiger partial charge is 0.461 e. The third-order valence-corrected chi connectivity index (χ3v) is 4.48. The maximum Gasteiger partial charge on any atom is 0.272 e. The van der Waals surface area contributed by atoms with Crippen molar-refractivity contribution in [2.75, 3.05) is 13.6 Å². The van der Waals surface area contributed by atoms with Crippen molar-refractivity contribution >= 4 is 11.8 Å². The molecule has 140 valence electrons. The highest BCUT2D eigenvalue weighted by molar-refractivity contribution is 5.97. The number of nitrogens with zero attached hydrogens (tertiary/aromatic N) is 2. The Balaban J connectivity index is 1.96. The molecular formula is C18H25N5O3. The second kappa shape index (κ2) is 6.95. The van der Waals surface area contributed by atoms with Crippen LogP contribution in [0.3, 0.4) is 0 Å².